The van der Waals surface area contributed by atoms with Gasteiger partial charge >= 0.3 is 0 Å². The molecule has 142 valence electrons. The van der Waals surface area contributed by atoms with Gasteiger partial charge in [-0.05, 0) is 43.2 Å². The first-order chi connectivity index (χ1) is 12.8. The number of aliphatic imine (C=N–C) groups is 1. The SMILES string of the molecule is CCOCCCNC(=NCc1cccc(OC)c1)NCCc1ccco1. The van der Waals surface area contributed by atoms with Crippen LogP contribution in [0.5, 0.6) is 5.75 Å². The summed E-state index contributed by atoms with van der Waals surface area (Å²) in [6.45, 7) is 5.65. The molecule has 0 unspecified atom stereocenters. The minimum Gasteiger partial charge on any atom is -0.497 e. The van der Waals surface area contributed by atoms with E-state index < -0.39 is 0 Å². The summed E-state index contributed by atoms with van der Waals surface area (Å²) in [6, 6.07) is 11.8. The Hall–Kier alpha value is -2.47. The Kier molecular flexibility index (Phi) is 9.14. The predicted octanol–water partition coefficient (Wildman–Crippen LogP) is 2.99. The molecule has 0 bridgehead atoms. The molecule has 1 heterocycles. The molecule has 0 amide bonds. The van der Waals surface area contributed by atoms with Crippen molar-refractivity contribution in [3.8, 4) is 5.75 Å². The second-order valence-corrected chi connectivity index (χ2v) is 5.75. The van der Waals surface area contributed by atoms with Gasteiger partial charge in [0.15, 0.2) is 5.96 Å². The quantitative estimate of drug-likeness (QED) is 0.367. The molecule has 2 rings (SSSR count). The molecular formula is C20H29N3O3. The Morgan fingerprint density at radius 3 is 2.81 bits per heavy atom. The summed E-state index contributed by atoms with van der Waals surface area (Å²) in [5.41, 5.74) is 1.10. The molecule has 6 nitrogen and oxygen atoms in total. The summed E-state index contributed by atoms with van der Waals surface area (Å²) in [6.07, 6.45) is 3.44. The highest BCUT2D eigenvalue weighted by Crippen LogP contribution is 2.13. The van der Waals surface area contributed by atoms with Crippen molar-refractivity contribution in [2.45, 2.75) is 26.3 Å². The van der Waals surface area contributed by atoms with Crippen LogP contribution in [0, 0.1) is 0 Å². The minimum absolute atomic E-state index is 0.582. The zero-order valence-electron chi connectivity index (χ0n) is 15.7. The van der Waals surface area contributed by atoms with Gasteiger partial charge in [0.1, 0.15) is 11.5 Å². The number of ether oxygens (including phenoxy) is 2. The van der Waals surface area contributed by atoms with Crippen molar-refractivity contribution in [1.82, 2.24) is 10.6 Å². The number of nitrogens with zero attached hydrogens (tertiary/aromatic N) is 1. The van der Waals surface area contributed by atoms with Crippen LogP contribution in [0.2, 0.25) is 0 Å². The zero-order valence-corrected chi connectivity index (χ0v) is 15.7. The number of hydrogen-bond acceptors (Lipinski definition) is 4. The number of rotatable bonds is 11. The molecule has 26 heavy (non-hydrogen) atoms. The highest BCUT2D eigenvalue weighted by atomic mass is 16.5. The van der Waals surface area contributed by atoms with Gasteiger partial charge in [0, 0.05) is 32.7 Å². The Balaban J connectivity index is 1.86. The standard InChI is InChI=1S/C20H29N3O3/c1-3-25-13-6-11-21-20(22-12-10-18-9-5-14-26-18)23-16-17-7-4-8-19(15-17)24-2/h4-5,7-9,14-15H,3,6,10-13,16H2,1-2H3,(H2,21,22,23). The van der Waals surface area contributed by atoms with E-state index in [1.807, 2.05) is 43.3 Å². The predicted molar refractivity (Wildman–Crippen MR) is 104 cm³/mol. The van der Waals surface area contributed by atoms with Crippen molar-refractivity contribution >= 4 is 5.96 Å². The van der Waals surface area contributed by atoms with E-state index in [-0.39, 0.29) is 0 Å². The lowest BCUT2D eigenvalue weighted by Gasteiger charge is -2.12. The van der Waals surface area contributed by atoms with Crippen LogP contribution in [0.4, 0.5) is 0 Å². The normalized spacial score (nSPS) is 11.4. The molecule has 0 aliphatic carbocycles. The number of nitrogens with one attached hydrogen (secondary N) is 2. The van der Waals surface area contributed by atoms with Crippen molar-refractivity contribution in [2.24, 2.45) is 4.99 Å². The van der Waals surface area contributed by atoms with Crippen LogP contribution in [0.3, 0.4) is 0 Å². The zero-order chi connectivity index (χ0) is 18.5. The summed E-state index contributed by atoms with van der Waals surface area (Å²) < 4.78 is 16.0. The first-order valence-corrected chi connectivity index (χ1v) is 9.07. The van der Waals surface area contributed by atoms with Crippen molar-refractivity contribution in [3.63, 3.8) is 0 Å². The van der Waals surface area contributed by atoms with Crippen LogP contribution >= 0.6 is 0 Å². The summed E-state index contributed by atoms with van der Waals surface area (Å²) >= 11 is 0. The molecule has 0 fully saturated rings. The third-order valence-electron chi connectivity index (χ3n) is 3.76. The van der Waals surface area contributed by atoms with E-state index in [2.05, 4.69) is 15.6 Å². The van der Waals surface area contributed by atoms with Crippen LogP contribution in [-0.4, -0.2) is 39.4 Å². The fourth-order valence-electron chi connectivity index (χ4n) is 2.40. The van der Waals surface area contributed by atoms with Gasteiger partial charge in [0.05, 0.1) is 19.9 Å². The number of guanidine groups is 1. The molecule has 0 spiro atoms. The first kappa shape index (κ1) is 19.8. The van der Waals surface area contributed by atoms with Crippen LogP contribution in [0.25, 0.3) is 0 Å². The number of hydrogen-bond donors (Lipinski definition) is 2. The van der Waals surface area contributed by atoms with E-state index >= 15 is 0 Å². The molecule has 6 heteroatoms. The van der Waals surface area contributed by atoms with Crippen molar-refractivity contribution in [2.75, 3.05) is 33.4 Å². The van der Waals surface area contributed by atoms with Gasteiger partial charge in [-0.25, -0.2) is 4.99 Å². The maximum atomic E-state index is 5.37. The molecule has 0 saturated heterocycles. The van der Waals surface area contributed by atoms with E-state index in [4.69, 9.17) is 13.9 Å². The average Bonchev–Trinajstić information content (AvgIpc) is 3.19. The van der Waals surface area contributed by atoms with E-state index in [1.165, 1.54) is 0 Å². The smallest absolute Gasteiger partial charge is 0.191 e. The van der Waals surface area contributed by atoms with Crippen molar-refractivity contribution in [1.29, 1.82) is 0 Å². The molecule has 0 saturated carbocycles. The third-order valence-corrected chi connectivity index (χ3v) is 3.76. The number of methoxy groups -OCH3 is 1. The number of furan rings is 1. The third kappa shape index (κ3) is 7.61. The van der Waals surface area contributed by atoms with E-state index in [0.29, 0.717) is 6.54 Å². The molecule has 0 aliphatic heterocycles. The summed E-state index contributed by atoms with van der Waals surface area (Å²) in [4.78, 5) is 4.67. The average molecular weight is 359 g/mol. The fourth-order valence-corrected chi connectivity index (χ4v) is 2.40. The monoisotopic (exact) mass is 359 g/mol. The molecule has 0 atom stereocenters. The van der Waals surface area contributed by atoms with E-state index in [1.54, 1.807) is 13.4 Å². The topological polar surface area (TPSA) is 68.0 Å². The highest BCUT2D eigenvalue weighted by Gasteiger charge is 2.01. The summed E-state index contributed by atoms with van der Waals surface area (Å²) in [5.74, 6) is 2.59. The Morgan fingerprint density at radius 1 is 1.15 bits per heavy atom. The summed E-state index contributed by atoms with van der Waals surface area (Å²) in [7, 11) is 1.67. The molecule has 2 aromatic rings. The van der Waals surface area contributed by atoms with Gasteiger partial charge in [0.25, 0.3) is 0 Å². The lowest BCUT2D eigenvalue weighted by molar-refractivity contribution is 0.145. The van der Waals surface area contributed by atoms with Crippen LogP contribution in [0.1, 0.15) is 24.7 Å². The number of benzene rings is 1. The molecule has 1 aromatic carbocycles. The van der Waals surface area contributed by atoms with Crippen molar-refractivity contribution < 1.29 is 13.9 Å². The van der Waals surface area contributed by atoms with Gasteiger partial charge in [-0.15, -0.1) is 0 Å². The molecule has 1 aromatic heterocycles. The van der Waals surface area contributed by atoms with Gasteiger partial charge in [0.2, 0.25) is 0 Å². The van der Waals surface area contributed by atoms with Gasteiger partial charge < -0.3 is 24.5 Å². The molecule has 2 N–H and O–H groups in total. The Labute approximate surface area is 155 Å². The fraction of sp³-hybridized carbons (Fsp3) is 0.450. The Bertz CT molecular complexity index is 642. The minimum atomic E-state index is 0.582. The highest BCUT2D eigenvalue weighted by molar-refractivity contribution is 5.79. The molecule has 0 radical (unpaired) electrons. The second kappa shape index (κ2) is 12.0. The Morgan fingerprint density at radius 2 is 2.04 bits per heavy atom. The van der Waals surface area contributed by atoms with Gasteiger partial charge in [-0.2, -0.15) is 0 Å². The maximum absolute atomic E-state index is 5.37. The summed E-state index contributed by atoms with van der Waals surface area (Å²) in [5, 5.41) is 6.71. The second-order valence-electron chi connectivity index (χ2n) is 5.75. The lowest BCUT2D eigenvalue weighted by Crippen LogP contribution is -2.39. The largest absolute Gasteiger partial charge is 0.497 e. The van der Waals surface area contributed by atoms with Crippen LogP contribution in [-0.2, 0) is 17.7 Å². The van der Waals surface area contributed by atoms with Crippen LogP contribution in [0.15, 0.2) is 52.1 Å². The van der Waals surface area contributed by atoms with Crippen molar-refractivity contribution in [3.05, 3.63) is 54.0 Å². The molecule has 0 aliphatic rings. The van der Waals surface area contributed by atoms with E-state index in [0.717, 1.165) is 62.2 Å². The first-order valence-electron chi connectivity index (χ1n) is 9.07. The van der Waals surface area contributed by atoms with Gasteiger partial charge in [-0.1, -0.05) is 12.1 Å². The van der Waals surface area contributed by atoms with Gasteiger partial charge in [-0.3, -0.25) is 0 Å². The van der Waals surface area contributed by atoms with Crippen LogP contribution < -0.4 is 15.4 Å². The molecular weight excluding hydrogens is 330 g/mol. The maximum Gasteiger partial charge on any atom is 0.191 e. The lowest BCUT2D eigenvalue weighted by atomic mass is 10.2. The van der Waals surface area contributed by atoms with E-state index in [9.17, 15) is 0 Å².